The first-order chi connectivity index (χ1) is 6.93. The molecule has 0 saturated carbocycles. The van der Waals surface area contributed by atoms with E-state index in [1.165, 1.54) is 0 Å². The molecule has 0 aliphatic heterocycles. The topological polar surface area (TPSA) is 84.2 Å². The van der Waals surface area contributed by atoms with Gasteiger partial charge in [-0.1, -0.05) is 13.8 Å². The number of ketones is 1. The largest absolute Gasteiger partial charge is 0.379 e. The van der Waals surface area contributed by atoms with Crippen LogP contribution in [0.25, 0.3) is 0 Å². The van der Waals surface area contributed by atoms with Crippen molar-refractivity contribution in [1.29, 1.82) is 0 Å². The van der Waals surface area contributed by atoms with Crippen molar-refractivity contribution in [3.8, 4) is 0 Å². The summed E-state index contributed by atoms with van der Waals surface area (Å²) in [5.74, 6) is 4.74. The molecule has 84 valence electrons. The van der Waals surface area contributed by atoms with Crippen molar-refractivity contribution in [2.45, 2.75) is 26.7 Å². The molecule has 0 heterocycles. The number of carbonyl (C=O) groups excluding carboxylic acids is 2. The third kappa shape index (κ3) is 3.71. The number of hydrazine groups is 1. The first-order valence-electron chi connectivity index (χ1n) is 4.90. The highest BCUT2D eigenvalue weighted by molar-refractivity contribution is 5.91. The van der Waals surface area contributed by atoms with Gasteiger partial charge >= 0.3 is 0 Å². The van der Waals surface area contributed by atoms with Crippen LogP contribution in [0.4, 0.5) is 0 Å². The molecule has 1 rings (SSSR count). The summed E-state index contributed by atoms with van der Waals surface area (Å²) in [6.07, 6.45) is 2.90. The second kappa shape index (κ2) is 4.44. The molecule has 4 N–H and O–H groups in total. The molecule has 0 aromatic rings. The normalized spacial score (nSPS) is 19.4. The molecule has 1 aliphatic rings. The van der Waals surface area contributed by atoms with Crippen molar-refractivity contribution in [3.63, 3.8) is 0 Å². The van der Waals surface area contributed by atoms with E-state index in [1.807, 2.05) is 19.3 Å². The van der Waals surface area contributed by atoms with Crippen molar-refractivity contribution in [1.82, 2.24) is 10.7 Å². The SMILES string of the molecule is CC1(C)CC(=O)C=C(NCC(=O)NN)C1. The minimum absolute atomic E-state index is 0.0344. The summed E-state index contributed by atoms with van der Waals surface area (Å²) in [5, 5.41) is 2.91. The predicted molar refractivity (Wildman–Crippen MR) is 56.4 cm³/mol. The summed E-state index contributed by atoms with van der Waals surface area (Å²) in [6.45, 7) is 4.16. The van der Waals surface area contributed by atoms with E-state index in [4.69, 9.17) is 5.84 Å². The first-order valence-corrected chi connectivity index (χ1v) is 4.90. The van der Waals surface area contributed by atoms with Crippen LogP contribution in [0.5, 0.6) is 0 Å². The summed E-state index contributed by atoms with van der Waals surface area (Å²) in [7, 11) is 0. The highest BCUT2D eigenvalue weighted by Crippen LogP contribution is 2.32. The Hall–Kier alpha value is -1.36. The molecule has 0 bridgehead atoms. The third-order valence-electron chi connectivity index (χ3n) is 2.29. The van der Waals surface area contributed by atoms with E-state index >= 15 is 0 Å². The zero-order chi connectivity index (χ0) is 11.5. The second-order valence-electron chi connectivity index (χ2n) is 4.57. The van der Waals surface area contributed by atoms with Crippen LogP contribution in [0.1, 0.15) is 26.7 Å². The Balaban J connectivity index is 2.55. The zero-order valence-corrected chi connectivity index (χ0v) is 9.09. The fourth-order valence-corrected chi connectivity index (χ4v) is 1.70. The van der Waals surface area contributed by atoms with Crippen LogP contribution in [-0.4, -0.2) is 18.2 Å². The number of rotatable bonds is 3. The van der Waals surface area contributed by atoms with Gasteiger partial charge in [-0.2, -0.15) is 0 Å². The predicted octanol–water partition coefficient (Wildman–Crippen LogP) is -0.161. The van der Waals surface area contributed by atoms with Crippen LogP contribution in [0, 0.1) is 5.41 Å². The lowest BCUT2D eigenvalue weighted by Gasteiger charge is -2.29. The number of nitrogens with two attached hydrogens (primary N) is 1. The fourth-order valence-electron chi connectivity index (χ4n) is 1.70. The Morgan fingerprint density at radius 1 is 1.53 bits per heavy atom. The average molecular weight is 211 g/mol. The van der Waals surface area contributed by atoms with Crippen LogP contribution in [0.15, 0.2) is 11.8 Å². The Bertz CT molecular complexity index is 308. The highest BCUT2D eigenvalue weighted by Gasteiger charge is 2.27. The molecule has 0 atom stereocenters. The molecule has 0 aromatic carbocycles. The number of amides is 1. The fraction of sp³-hybridized carbons (Fsp3) is 0.600. The van der Waals surface area contributed by atoms with Gasteiger partial charge in [0.1, 0.15) is 0 Å². The van der Waals surface area contributed by atoms with Gasteiger partial charge in [0.25, 0.3) is 5.91 Å². The smallest absolute Gasteiger partial charge is 0.253 e. The van der Waals surface area contributed by atoms with Crippen molar-refractivity contribution in [3.05, 3.63) is 11.8 Å². The van der Waals surface area contributed by atoms with Gasteiger partial charge in [-0.3, -0.25) is 15.0 Å². The van der Waals surface area contributed by atoms with Gasteiger partial charge in [-0.05, 0) is 11.8 Å². The minimum atomic E-state index is -0.299. The monoisotopic (exact) mass is 211 g/mol. The molecule has 5 nitrogen and oxygen atoms in total. The van der Waals surface area contributed by atoms with Crippen molar-refractivity contribution in [2.75, 3.05) is 6.54 Å². The maximum absolute atomic E-state index is 11.4. The van der Waals surface area contributed by atoms with Crippen LogP contribution < -0.4 is 16.6 Å². The van der Waals surface area contributed by atoms with Gasteiger partial charge < -0.3 is 5.32 Å². The van der Waals surface area contributed by atoms with Crippen LogP contribution >= 0.6 is 0 Å². The van der Waals surface area contributed by atoms with Crippen LogP contribution in [-0.2, 0) is 9.59 Å². The molecule has 0 saturated heterocycles. The van der Waals surface area contributed by atoms with Crippen LogP contribution in [0.2, 0.25) is 0 Å². The quantitative estimate of drug-likeness (QED) is 0.344. The Morgan fingerprint density at radius 2 is 2.20 bits per heavy atom. The average Bonchev–Trinajstić information content (AvgIpc) is 2.11. The van der Waals surface area contributed by atoms with E-state index in [-0.39, 0.29) is 23.7 Å². The van der Waals surface area contributed by atoms with Gasteiger partial charge in [-0.15, -0.1) is 0 Å². The lowest BCUT2D eigenvalue weighted by atomic mass is 9.79. The number of allylic oxidation sites excluding steroid dienone is 2. The molecule has 0 fully saturated rings. The summed E-state index contributed by atoms with van der Waals surface area (Å²) in [5.41, 5.74) is 2.79. The maximum Gasteiger partial charge on any atom is 0.253 e. The van der Waals surface area contributed by atoms with E-state index in [0.29, 0.717) is 6.42 Å². The number of nitrogens with one attached hydrogen (secondary N) is 2. The number of carbonyl (C=O) groups is 2. The van der Waals surface area contributed by atoms with Crippen molar-refractivity contribution in [2.24, 2.45) is 11.3 Å². The van der Waals surface area contributed by atoms with Gasteiger partial charge in [0.15, 0.2) is 5.78 Å². The molecular weight excluding hydrogens is 194 g/mol. The van der Waals surface area contributed by atoms with Gasteiger partial charge in [0, 0.05) is 18.2 Å². The van der Waals surface area contributed by atoms with E-state index in [2.05, 4.69) is 5.32 Å². The maximum atomic E-state index is 11.4. The molecule has 0 unspecified atom stereocenters. The second-order valence-corrected chi connectivity index (χ2v) is 4.57. The molecule has 0 radical (unpaired) electrons. The van der Waals surface area contributed by atoms with E-state index in [1.54, 1.807) is 6.08 Å². The lowest BCUT2D eigenvalue weighted by molar-refractivity contribution is -0.120. The molecular formula is C10H17N3O2. The van der Waals surface area contributed by atoms with E-state index < -0.39 is 0 Å². The molecule has 5 heteroatoms. The number of hydrogen-bond donors (Lipinski definition) is 3. The lowest BCUT2D eigenvalue weighted by Crippen LogP contribution is -2.39. The molecule has 0 spiro atoms. The molecule has 1 amide bonds. The van der Waals surface area contributed by atoms with Gasteiger partial charge in [-0.25, -0.2) is 5.84 Å². The first kappa shape index (κ1) is 11.7. The van der Waals surface area contributed by atoms with Gasteiger partial charge in [0.2, 0.25) is 0 Å². The molecule has 1 aliphatic carbocycles. The van der Waals surface area contributed by atoms with Crippen molar-refractivity contribution < 1.29 is 9.59 Å². The number of hydrogen-bond acceptors (Lipinski definition) is 4. The summed E-state index contributed by atoms with van der Waals surface area (Å²) in [4.78, 5) is 22.2. The summed E-state index contributed by atoms with van der Waals surface area (Å²) >= 11 is 0. The van der Waals surface area contributed by atoms with E-state index in [0.717, 1.165) is 12.1 Å². The Kier molecular flexibility index (Phi) is 3.47. The van der Waals surface area contributed by atoms with Crippen molar-refractivity contribution >= 4 is 11.7 Å². The highest BCUT2D eigenvalue weighted by atomic mass is 16.2. The van der Waals surface area contributed by atoms with Gasteiger partial charge in [0.05, 0.1) is 6.54 Å². The van der Waals surface area contributed by atoms with Crippen LogP contribution in [0.3, 0.4) is 0 Å². The summed E-state index contributed by atoms with van der Waals surface area (Å²) in [6, 6.07) is 0. The standard InChI is InChI=1S/C10H17N3O2/c1-10(2)4-7(3-8(14)5-10)12-6-9(15)13-11/h3,12H,4-6,11H2,1-2H3,(H,13,15). The minimum Gasteiger partial charge on any atom is -0.379 e. The third-order valence-corrected chi connectivity index (χ3v) is 2.29. The Morgan fingerprint density at radius 3 is 2.73 bits per heavy atom. The molecule has 15 heavy (non-hydrogen) atoms. The zero-order valence-electron chi connectivity index (χ0n) is 9.09. The Labute approximate surface area is 89.1 Å². The summed E-state index contributed by atoms with van der Waals surface area (Å²) < 4.78 is 0. The molecule has 0 aromatic heterocycles. The van der Waals surface area contributed by atoms with E-state index in [9.17, 15) is 9.59 Å².